The number of benzene rings is 2. The molecule has 204 valence electrons. The maximum atomic E-state index is 13.6. The van der Waals surface area contributed by atoms with Crippen LogP contribution in [0.5, 0.6) is 0 Å². The number of rotatable bonds is 7. The maximum absolute atomic E-state index is 13.6. The van der Waals surface area contributed by atoms with Crippen LogP contribution in [-0.4, -0.2) is 20.9 Å². The highest BCUT2D eigenvalue weighted by atomic mass is 32.1. The Balaban J connectivity index is 1.34. The summed E-state index contributed by atoms with van der Waals surface area (Å²) < 4.78 is 53.7. The first-order chi connectivity index (χ1) is 19.1. The van der Waals surface area contributed by atoms with Gasteiger partial charge in [0.05, 0.1) is 23.2 Å². The fraction of sp³-hybridized carbons (Fsp3) is 0.143. The monoisotopic (exact) mass is 566 g/mol. The molecule has 0 radical (unpaired) electrons. The van der Waals surface area contributed by atoms with Gasteiger partial charge in [0.15, 0.2) is 0 Å². The number of carbonyl (C=O) groups excluding carboxylic acids is 1. The summed E-state index contributed by atoms with van der Waals surface area (Å²) in [5, 5.41) is 6.32. The van der Waals surface area contributed by atoms with Gasteiger partial charge in [-0.05, 0) is 60.0 Å². The summed E-state index contributed by atoms with van der Waals surface area (Å²) >= 11 is 1.47. The highest BCUT2D eigenvalue weighted by molar-refractivity contribution is 7.15. The van der Waals surface area contributed by atoms with E-state index in [2.05, 4.69) is 25.6 Å². The topological polar surface area (TPSA) is 106 Å². The number of fused-ring (bicyclic) bond motifs is 1. The molecule has 0 unspecified atom stereocenters. The van der Waals surface area contributed by atoms with Crippen molar-refractivity contribution in [2.75, 3.05) is 11.1 Å². The van der Waals surface area contributed by atoms with Crippen LogP contribution in [0.15, 0.2) is 67.1 Å². The minimum atomic E-state index is -4.68. The summed E-state index contributed by atoms with van der Waals surface area (Å²) in [6, 6.07) is 14.6. The van der Waals surface area contributed by atoms with Crippen LogP contribution in [0.3, 0.4) is 0 Å². The van der Waals surface area contributed by atoms with Gasteiger partial charge in [-0.15, -0.1) is 11.3 Å². The van der Waals surface area contributed by atoms with E-state index in [1.165, 1.54) is 29.8 Å². The second-order valence-corrected chi connectivity index (χ2v) is 10.2. The molecule has 0 aliphatic heterocycles. The molecular formula is C28H22F4N6OS. The minimum absolute atomic E-state index is 0.00519. The minimum Gasteiger partial charge on any atom is -0.383 e. The van der Waals surface area contributed by atoms with Gasteiger partial charge < -0.3 is 16.4 Å². The largest absolute Gasteiger partial charge is 0.417 e. The molecule has 7 nitrogen and oxygen atoms in total. The lowest BCUT2D eigenvalue weighted by atomic mass is 10.1. The van der Waals surface area contributed by atoms with Crippen molar-refractivity contribution < 1.29 is 22.4 Å². The number of aromatic nitrogens is 3. The Hall–Kier alpha value is -4.58. The number of thiophene rings is 1. The number of carbonyl (C=O) groups is 1. The summed E-state index contributed by atoms with van der Waals surface area (Å²) in [5.74, 6) is -0.754. The number of nitrogens with zero attached hydrogens (tertiary/aromatic N) is 3. The molecule has 0 atom stereocenters. The van der Waals surface area contributed by atoms with Crippen molar-refractivity contribution in [1.29, 1.82) is 0 Å². The zero-order valence-corrected chi connectivity index (χ0v) is 21.8. The van der Waals surface area contributed by atoms with Crippen LogP contribution in [0.1, 0.15) is 31.9 Å². The molecule has 4 N–H and O–H groups in total. The van der Waals surface area contributed by atoms with Crippen molar-refractivity contribution in [3.05, 3.63) is 100 Å². The Morgan fingerprint density at radius 2 is 1.82 bits per heavy atom. The molecule has 0 saturated heterocycles. The lowest BCUT2D eigenvalue weighted by molar-refractivity contribution is -0.137. The van der Waals surface area contributed by atoms with Crippen molar-refractivity contribution in [1.82, 2.24) is 20.3 Å². The summed E-state index contributed by atoms with van der Waals surface area (Å²) in [4.78, 5) is 26.9. The first kappa shape index (κ1) is 27.0. The Morgan fingerprint density at radius 3 is 2.60 bits per heavy atom. The van der Waals surface area contributed by atoms with E-state index in [4.69, 9.17) is 5.73 Å². The molecule has 0 spiro atoms. The molecule has 2 aromatic carbocycles. The maximum Gasteiger partial charge on any atom is 0.417 e. The van der Waals surface area contributed by atoms with Gasteiger partial charge >= 0.3 is 6.18 Å². The van der Waals surface area contributed by atoms with E-state index in [9.17, 15) is 22.4 Å². The van der Waals surface area contributed by atoms with Gasteiger partial charge in [0, 0.05) is 27.9 Å². The molecule has 0 bridgehead atoms. The summed E-state index contributed by atoms with van der Waals surface area (Å²) in [5.41, 5.74) is 7.32. The molecule has 5 aromatic rings. The first-order valence-electron chi connectivity index (χ1n) is 12.0. The second-order valence-electron chi connectivity index (χ2n) is 8.99. The molecule has 5 rings (SSSR count). The predicted octanol–water partition coefficient (Wildman–Crippen LogP) is 6.34. The van der Waals surface area contributed by atoms with Gasteiger partial charge in [-0.25, -0.2) is 19.3 Å². The molecular weight excluding hydrogens is 544 g/mol. The number of aryl methyl sites for hydroxylation is 1. The van der Waals surface area contributed by atoms with E-state index in [0.29, 0.717) is 23.1 Å². The molecule has 0 aliphatic rings. The van der Waals surface area contributed by atoms with Crippen LogP contribution in [0.2, 0.25) is 0 Å². The van der Waals surface area contributed by atoms with Crippen molar-refractivity contribution >= 4 is 39.8 Å². The number of hydrogen-bond acceptors (Lipinski definition) is 7. The molecule has 0 saturated carbocycles. The van der Waals surface area contributed by atoms with Crippen molar-refractivity contribution in [3.8, 4) is 10.4 Å². The van der Waals surface area contributed by atoms with Gasteiger partial charge in [0.25, 0.3) is 5.91 Å². The highest BCUT2D eigenvalue weighted by Gasteiger charge is 2.32. The standard InChI is InChI=1S/C28H22F4N6OS/c1-15-8-16(2-5-22(15)29)11-36-27(39)21-10-18(28(30,31)32)12-34-26(21)35-13-19-4-7-24(40-19)17-3-6-23-20(9-17)25(33)38-14-37-23/h2-10,12,14H,11,13H2,1H3,(H,34,35)(H,36,39)(H2,33,37,38). The molecule has 40 heavy (non-hydrogen) atoms. The molecule has 0 fully saturated rings. The number of nitrogen functional groups attached to an aromatic ring is 1. The lowest BCUT2D eigenvalue weighted by Crippen LogP contribution is -2.25. The van der Waals surface area contributed by atoms with Gasteiger partial charge in [0.1, 0.15) is 23.8 Å². The number of anilines is 2. The van der Waals surface area contributed by atoms with Crippen LogP contribution in [0, 0.1) is 12.7 Å². The van der Waals surface area contributed by atoms with E-state index < -0.39 is 17.6 Å². The molecule has 12 heteroatoms. The third-order valence-electron chi connectivity index (χ3n) is 6.18. The summed E-state index contributed by atoms with van der Waals surface area (Å²) in [7, 11) is 0. The lowest BCUT2D eigenvalue weighted by Gasteiger charge is -2.14. The highest BCUT2D eigenvalue weighted by Crippen LogP contribution is 2.33. The van der Waals surface area contributed by atoms with Gasteiger partial charge in [-0.3, -0.25) is 4.79 Å². The fourth-order valence-electron chi connectivity index (χ4n) is 4.06. The smallest absolute Gasteiger partial charge is 0.383 e. The molecule has 3 aromatic heterocycles. The van der Waals surface area contributed by atoms with Crippen molar-refractivity contribution in [2.45, 2.75) is 26.2 Å². The van der Waals surface area contributed by atoms with Gasteiger partial charge in [0.2, 0.25) is 0 Å². The number of halogens is 4. The van der Waals surface area contributed by atoms with E-state index in [1.807, 2.05) is 30.3 Å². The number of nitrogens with two attached hydrogens (primary N) is 1. The SMILES string of the molecule is Cc1cc(CNC(=O)c2cc(C(F)(F)F)cnc2NCc2ccc(-c3ccc4ncnc(N)c4c3)s2)ccc1F. The zero-order valence-electron chi connectivity index (χ0n) is 21.0. The van der Waals surface area contributed by atoms with Crippen LogP contribution >= 0.6 is 11.3 Å². The number of amides is 1. The average molecular weight is 567 g/mol. The molecule has 1 amide bonds. The Bertz CT molecular complexity index is 1720. The van der Waals surface area contributed by atoms with Crippen LogP contribution in [0.25, 0.3) is 21.3 Å². The molecule has 0 aliphatic carbocycles. The fourth-order valence-corrected chi connectivity index (χ4v) is 5.00. The number of nitrogens with one attached hydrogen (secondary N) is 2. The third-order valence-corrected chi connectivity index (χ3v) is 7.31. The first-order valence-corrected chi connectivity index (χ1v) is 12.8. The van der Waals surface area contributed by atoms with E-state index in [0.717, 1.165) is 32.3 Å². The number of pyridine rings is 1. The Kier molecular flexibility index (Phi) is 7.35. The summed E-state index contributed by atoms with van der Waals surface area (Å²) in [6.45, 7) is 1.81. The van der Waals surface area contributed by atoms with Crippen molar-refractivity contribution in [2.24, 2.45) is 0 Å². The van der Waals surface area contributed by atoms with Crippen LogP contribution < -0.4 is 16.4 Å². The predicted molar refractivity (Wildman–Crippen MR) is 146 cm³/mol. The van der Waals surface area contributed by atoms with Crippen molar-refractivity contribution in [3.63, 3.8) is 0 Å². The van der Waals surface area contributed by atoms with Gasteiger partial charge in [-0.2, -0.15) is 13.2 Å². The molecule has 3 heterocycles. The zero-order chi connectivity index (χ0) is 28.4. The second kappa shape index (κ2) is 10.9. The number of hydrogen-bond donors (Lipinski definition) is 3. The average Bonchev–Trinajstić information content (AvgIpc) is 3.41. The quantitative estimate of drug-likeness (QED) is 0.199. The number of alkyl halides is 3. The van der Waals surface area contributed by atoms with Crippen LogP contribution in [0.4, 0.5) is 29.2 Å². The Labute approximate surface area is 230 Å². The normalized spacial score (nSPS) is 11.5. The van der Waals surface area contributed by atoms with E-state index in [-0.39, 0.29) is 30.3 Å². The third kappa shape index (κ3) is 5.86. The van der Waals surface area contributed by atoms with Crippen LogP contribution in [-0.2, 0) is 19.3 Å². The Morgan fingerprint density at radius 1 is 1.00 bits per heavy atom. The van der Waals surface area contributed by atoms with Gasteiger partial charge in [-0.1, -0.05) is 18.2 Å². The summed E-state index contributed by atoms with van der Waals surface area (Å²) in [6.07, 6.45) is -2.59. The van der Waals surface area contributed by atoms with E-state index >= 15 is 0 Å². The van der Waals surface area contributed by atoms with E-state index in [1.54, 1.807) is 13.0 Å².